The minimum atomic E-state index is -0.327. The fourth-order valence-corrected chi connectivity index (χ4v) is 3.46. The number of hydrogen-bond donors (Lipinski definition) is 2. The van der Waals surface area contributed by atoms with Crippen molar-refractivity contribution < 1.29 is 29.3 Å². The molecule has 0 fully saturated rings. The van der Waals surface area contributed by atoms with Crippen molar-refractivity contribution in [2.75, 3.05) is 6.61 Å². The number of ketones is 2. The van der Waals surface area contributed by atoms with Crippen LogP contribution in [0.25, 0.3) is 0 Å². The molecule has 0 amide bonds. The summed E-state index contributed by atoms with van der Waals surface area (Å²) in [6, 6.07) is 6.48. The average molecular weight is 384 g/mol. The van der Waals surface area contributed by atoms with Gasteiger partial charge in [-0.25, -0.2) is 0 Å². The van der Waals surface area contributed by atoms with Gasteiger partial charge in [-0.05, 0) is 44.5 Å². The number of Topliss-reactive ketones (excluding diaryl/α,β-unsaturated/α-hetero) is 2. The quantitative estimate of drug-likeness (QED) is 0.705. The van der Waals surface area contributed by atoms with Crippen molar-refractivity contribution in [3.63, 3.8) is 0 Å². The standard InChI is InChI=1S/C22H24O6/c1-4-5-17-19(8-6-15(12(2)23)21(17)25)27-11-14-10-18-20(28-14)9-7-16(13(3)24)22(18)26/h6-9,14,25-26H,4-5,10-11H2,1-3H3. The molecule has 2 aromatic carbocycles. The molecule has 148 valence electrons. The van der Waals surface area contributed by atoms with Crippen molar-refractivity contribution in [2.45, 2.75) is 46.1 Å². The van der Waals surface area contributed by atoms with Gasteiger partial charge in [0.15, 0.2) is 11.6 Å². The second-order valence-corrected chi connectivity index (χ2v) is 6.99. The Bertz CT molecular complexity index is 931. The van der Waals surface area contributed by atoms with Crippen molar-refractivity contribution in [1.82, 2.24) is 0 Å². The van der Waals surface area contributed by atoms with Crippen molar-refractivity contribution in [3.8, 4) is 23.0 Å². The smallest absolute Gasteiger partial charge is 0.163 e. The van der Waals surface area contributed by atoms with E-state index in [0.29, 0.717) is 35.5 Å². The lowest BCUT2D eigenvalue weighted by Gasteiger charge is -2.17. The molecule has 0 spiro atoms. The third-order valence-corrected chi connectivity index (χ3v) is 4.89. The van der Waals surface area contributed by atoms with Crippen molar-refractivity contribution in [2.24, 2.45) is 0 Å². The van der Waals surface area contributed by atoms with Crippen LogP contribution in [0, 0.1) is 0 Å². The Morgan fingerprint density at radius 1 is 1.07 bits per heavy atom. The van der Waals surface area contributed by atoms with Crippen LogP contribution in [0.15, 0.2) is 24.3 Å². The minimum Gasteiger partial charge on any atom is -0.507 e. The van der Waals surface area contributed by atoms with Gasteiger partial charge in [0.2, 0.25) is 0 Å². The Morgan fingerprint density at radius 3 is 2.36 bits per heavy atom. The van der Waals surface area contributed by atoms with E-state index in [0.717, 1.165) is 6.42 Å². The van der Waals surface area contributed by atoms with Crippen LogP contribution >= 0.6 is 0 Å². The maximum Gasteiger partial charge on any atom is 0.163 e. The topological polar surface area (TPSA) is 93.1 Å². The first-order valence-corrected chi connectivity index (χ1v) is 9.34. The Labute approximate surface area is 163 Å². The number of carbonyl (C=O) groups excluding carboxylic acids is 2. The molecule has 0 saturated heterocycles. The number of hydrogen-bond acceptors (Lipinski definition) is 6. The van der Waals surface area contributed by atoms with Crippen molar-refractivity contribution in [3.05, 3.63) is 46.5 Å². The van der Waals surface area contributed by atoms with Crippen LogP contribution in [-0.4, -0.2) is 34.5 Å². The predicted molar refractivity (Wildman–Crippen MR) is 104 cm³/mol. The molecule has 0 saturated carbocycles. The van der Waals surface area contributed by atoms with Crippen molar-refractivity contribution >= 4 is 11.6 Å². The Balaban J connectivity index is 1.76. The first-order valence-electron chi connectivity index (χ1n) is 9.34. The molecule has 2 aromatic rings. The van der Waals surface area contributed by atoms with Gasteiger partial charge in [0.25, 0.3) is 0 Å². The van der Waals surface area contributed by atoms with E-state index in [4.69, 9.17) is 9.47 Å². The molecule has 1 atom stereocenters. The summed E-state index contributed by atoms with van der Waals surface area (Å²) in [4.78, 5) is 23.3. The van der Waals surface area contributed by atoms with Gasteiger partial charge >= 0.3 is 0 Å². The fraction of sp³-hybridized carbons (Fsp3) is 0.364. The number of fused-ring (bicyclic) bond motifs is 1. The summed E-state index contributed by atoms with van der Waals surface area (Å²) in [5, 5.41) is 20.7. The van der Waals surface area contributed by atoms with Crippen LogP contribution in [-0.2, 0) is 12.8 Å². The molecule has 0 bridgehead atoms. The highest BCUT2D eigenvalue weighted by Gasteiger charge is 2.29. The number of carbonyl (C=O) groups is 2. The lowest BCUT2D eigenvalue weighted by molar-refractivity contribution is 0.100. The number of rotatable bonds is 7. The molecule has 1 unspecified atom stereocenters. The second kappa shape index (κ2) is 7.92. The summed E-state index contributed by atoms with van der Waals surface area (Å²) in [7, 11) is 0. The summed E-state index contributed by atoms with van der Waals surface area (Å²) < 4.78 is 11.7. The van der Waals surface area contributed by atoms with E-state index in [-0.39, 0.29) is 46.9 Å². The van der Waals surface area contributed by atoms with Gasteiger partial charge < -0.3 is 19.7 Å². The summed E-state index contributed by atoms with van der Waals surface area (Å²) in [5.41, 5.74) is 1.76. The van der Waals surface area contributed by atoms with E-state index in [1.54, 1.807) is 24.3 Å². The maximum atomic E-state index is 11.7. The molecule has 1 aliphatic heterocycles. The van der Waals surface area contributed by atoms with Gasteiger partial charge in [0, 0.05) is 17.5 Å². The van der Waals surface area contributed by atoms with Gasteiger partial charge in [-0.1, -0.05) is 13.3 Å². The summed E-state index contributed by atoms with van der Waals surface area (Å²) >= 11 is 0. The van der Waals surface area contributed by atoms with Crippen molar-refractivity contribution in [1.29, 1.82) is 0 Å². The Kier molecular flexibility index (Phi) is 5.58. The van der Waals surface area contributed by atoms with Crippen LogP contribution in [0.4, 0.5) is 0 Å². The molecule has 28 heavy (non-hydrogen) atoms. The molecule has 6 nitrogen and oxygen atoms in total. The van der Waals surface area contributed by atoms with Crippen LogP contribution in [0.1, 0.15) is 59.0 Å². The normalized spacial score (nSPS) is 15.0. The first-order chi connectivity index (χ1) is 13.3. The molecule has 3 rings (SSSR count). The lowest BCUT2D eigenvalue weighted by atomic mass is 10.0. The zero-order valence-corrected chi connectivity index (χ0v) is 16.2. The largest absolute Gasteiger partial charge is 0.507 e. The number of ether oxygens (including phenoxy) is 2. The number of phenolic OH excluding ortho intramolecular Hbond substituents is 2. The van der Waals surface area contributed by atoms with Crippen LogP contribution in [0.3, 0.4) is 0 Å². The molecular weight excluding hydrogens is 360 g/mol. The zero-order chi connectivity index (χ0) is 20.4. The molecule has 0 aliphatic carbocycles. The van der Waals surface area contributed by atoms with Gasteiger partial charge in [-0.3, -0.25) is 9.59 Å². The Morgan fingerprint density at radius 2 is 1.71 bits per heavy atom. The SMILES string of the molecule is CCCc1c(OCC2Cc3c(ccc(C(C)=O)c3O)O2)ccc(C(C)=O)c1O. The molecule has 0 radical (unpaired) electrons. The van der Waals surface area contributed by atoms with E-state index >= 15 is 0 Å². The molecule has 2 N–H and O–H groups in total. The van der Waals surface area contributed by atoms with Crippen LogP contribution in [0.5, 0.6) is 23.0 Å². The van der Waals surface area contributed by atoms with Crippen LogP contribution < -0.4 is 9.47 Å². The third-order valence-electron chi connectivity index (χ3n) is 4.89. The molecule has 6 heteroatoms. The summed E-state index contributed by atoms with van der Waals surface area (Å²) in [6.07, 6.45) is 1.46. The highest BCUT2D eigenvalue weighted by Crippen LogP contribution is 2.39. The van der Waals surface area contributed by atoms with Gasteiger partial charge in [0.1, 0.15) is 35.7 Å². The van der Waals surface area contributed by atoms with Crippen LogP contribution in [0.2, 0.25) is 0 Å². The van der Waals surface area contributed by atoms with E-state index < -0.39 is 0 Å². The summed E-state index contributed by atoms with van der Waals surface area (Å²) in [6.45, 7) is 5.01. The average Bonchev–Trinajstić information content (AvgIpc) is 3.06. The van der Waals surface area contributed by atoms with E-state index in [2.05, 4.69) is 0 Å². The highest BCUT2D eigenvalue weighted by molar-refractivity contribution is 5.98. The number of benzene rings is 2. The first kappa shape index (κ1) is 19.7. The molecular formula is C22H24O6. The second-order valence-electron chi connectivity index (χ2n) is 6.99. The third kappa shape index (κ3) is 3.67. The molecule has 1 heterocycles. The van der Waals surface area contributed by atoms with E-state index in [1.807, 2.05) is 6.92 Å². The molecule has 0 aromatic heterocycles. The fourth-order valence-electron chi connectivity index (χ4n) is 3.46. The lowest BCUT2D eigenvalue weighted by Crippen LogP contribution is -2.22. The van der Waals surface area contributed by atoms with Gasteiger partial charge in [-0.2, -0.15) is 0 Å². The van der Waals surface area contributed by atoms with E-state index in [9.17, 15) is 19.8 Å². The maximum absolute atomic E-state index is 11.7. The number of aromatic hydroxyl groups is 2. The van der Waals surface area contributed by atoms with Gasteiger partial charge in [0.05, 0.1) is 11.1 Å². The molecule has 1 aliphatic rings. The number of phenols is 2. The zero-order valence-electron chi connectivity index (χ0n) is 16.2. The highest BCUT2D eigenvalue weighted by atomic mass is 16.5. The predicted octanol–water partition coefficient (Wildman–Crippen LogP) is 3.84. The monoisotopic (exact) mass is 384 g/mol. The van der Waals surface area contributed by atoms with Gasteiger partial charge in [-0.15, -0.1) is 0 Å². The summed E-state index contributed by atoms with van der Waals surface area (Å²) in [5.74, 6) is 0.573. The minimum absolute atomic E-state index is 0.0359. The Hall–Kier alpha value is -3.02. The van der Waals surface area contributed by atoms with E-state index in [1.165, 1.54) is 13.8 Å².